The molecule has 1 N–H and O–H groups in total. The van der Waals surface area contributed by atoms with Gasteiger partial charge in [-0.2, -0.15) is 0 Å². The number of aliphatic imine (C=N–C) groups is 1. The largest absolute Gasteiger partial charge is 0.322 e. The number of non-ortho nitro benzene ring substituents is 1. The van der Waals surface area contributed by atoms with Crippen molar-refractivity contribution in [2.75, 3.05) is 5.32 Å². The Kier molecular flexibility index (Phi) is 9.33. The van der Waals surface area contributed by atoms with Gasteiger partial charge in [0.1, 0.15) is 5.00 Å². The Morgan fingerprint density at radius 1 is 1.15 bits per heavy atom. The summed E-state index contributed by atoms with van der Waals surface area (Å²) < 4.78 is 1.99. The van der Waals surface area contributed by atoms with E-state index in [1.807, 2.05) is 54.0 Å². The Hall–Kier alpha value is -4.68. The number of nitrogens with zero attached hydrogens (tertiary/aromatic N) is 6. The molecule has 47 heavy (non-hydrogen) atoms. The van der Waals surface area contributed by atoms with E-state index < -0.39 is 4.92 Å². The van der Waals surface area contributed by atoms with E-state index in [1.54, 1.807) is 24.7 Å². The highest BCUT2D eigenvalue weighted by atomic mass is 32.2. The van der Waals surface area contributed by atoms with Gasteiger partial charge in [0, 0.05) is 63.9 Å². The summed E-state index contributed by atoms with van der Waals surface area (Å²) in [5.74, 6) is 0.993. The molecule has 1 atom stereocenters. The molecule has 1 aliphatic rings. The van der Waals surface area contributed by atoms with Crippen molar-refractivity contribution in [2.45, 2.75) is 63.6 Å². The number of para-hydroxylation sites is 1. The van der Waals surface area contributed by atoms with Crippen molar-refractivity contribution in [3.63, 3.8) is 0 Å². The molecule has 0 bridgehead atoms. The number of nitro groups is 1. The second-order valence-corrected chi connectivity index (χ2v) is 14.5. The number of carbonyl (C=O) groups is 1. The van der Waals surface area contributed by atoms with E-state index in [4.69, 9.17) is 4.99 Å². The fourth-order valence-electron chi connectivity index (χ4n) is 5.78. The van der Waals surface area contributed by atoms with Gasteiger partial charge in [-0.05, 0) is 85.2 Å². The molecule has 6 rings (SSSR count). The van der Waals surface area contributed by atoms with Crippen LogP contribution in [0.4, 0.5) is 16.4 Å². The lowest BCUT2D eigenvalue weighted by Crippen LogP contribution is -2.27. The van der Waals surface area contributed by atoms with Gasteiger partial charge in [0.2, 0.25) is 0 Å². The number of carbonyl (C=O) groups excluding carboxylic acids is 1. The molecule has 0 spiro atoms. The van der Waals surface area contributed by atoms with Crippen LogP contribution in [0.2, 0.25) is 0 Å². The van der Waals surface area contributed by atoms with Gasteiger partial charge in [-0.25, -0.2) is 4.99 Å². The number of fused-ring (bicyclic) bond motifs is 1. The van der Waals surface area contributed by atoms with Gasteiger partial charge < -0.3 is 9.88 Å². The first kappa shape index (κ1) is 32.3. The zero-order valence-electron chi connectivity index (χ0n) is 26.6. The third kappa shape index (κ3) is 7.03. The van der Waals surface area contributed by atoms with Gasteiger partial charge in [-0.15, -0.1) is 21.5 Å². The van der Waals surface area contributed by atoms with Crippen molar-refractivity contribution < 1.29 is 9.72 Å². The molecule has 5 aromatic rings. The topological polar surface area (TPSA) is 128 Å². The van der Waals surface area contributed by atoms with E-state index in [1.165, 1.54) is 40.1 Å². The van der Waals surface area contributed by atoms with Crippen molar-refractivity contribution >= 4 is 51.6 Å². The zero-order chi connectivity index (χ0) is 33.1. The number of thiophene rings is 1. The van der Waals surface area contributed by atoms with Gasteiger partial charge in [-0.3, -0.25) is 19.9 Å². The Morgan fingerprint density at radius 3 is 2.62 bits per heavy atom. The van der Waals surface area contributed by atoms with Gasteiger partial charge in [-0.1, -0.05) is 39.0 Å². The molecule has 3 aromatic heterocycles. The van der Waals surface area contributed by atoms with Crippen molar-refractivity contribution in [1.82, 2.24) is 19.7 Å². The van der Waals surface area contributed by atoms with Crippen LogP contribution in [-0.2, 0) is 19.4 Å². The first-order valence-corrected chi connectivity index (χ1v) is 17.1. The zero-order valence-corrected chi connectivity index (χ0v) is 28.3. The summed E-state index contributed by atoms with van der Waals surface area (Å²) >= 11 is 2.90. The minimum absolute atomic E-state index is 0.0502. The summed E-state index contributed by atoms with van der Waals surface area (Å²) in [6.45, 7) is 9.43. The molecule has 0 unspecified atom stereocenters. The Morgan fingerprint density at radius 2 is 1.91 bits per heavy atom. The lowest BCUT2D eigenvalue weighted by atomic mass is 9.72. The van der Waals surface area contributed by atoms with E-state index in [-0.39, 0.29) is 17.0 Å². The monoisotopic (exact) mass is 665 g/mol. The minimum Gasteiger partial charge on any atom is -0.322 e. The fraction of sp³-hybridized carbons (Fsp3) is 0.286. The van der Waals surface area contributed by atoms with E-state index in [0.29, 0.717) is 45.3 Å². The number of nitrogens with one attached hydrogen (secondary N) is 1. The summed E-state index contributed by atoms with van der Waals surface area (Å²) in [4.78, 5) is 36.1. The second-order valence-electron chi connectivity index (χ2n) is 12.4. The standard InChI is InChI=1S/C35H35N7O3S2/c1-5-41-31(22-15-17-36-18-16-22)39-40-34(41)47-28-14-12-26(42(44)45)19-23(28)21-37-33-30(32(43)38-25-9-7-6-8-10-25)27-13-11-24(35(2,3)4)20-29(27)46-33/h6-10,12,14-19,21,24H,5,11,13,20H2,1-4H3,(H,38,43)/t24-/m0/s1. The average molecular weight is 666 g/mol. The molecule has 240 valence electrons. The Balaban J connectivity index is 1.39. The molecule has 10 nitrogen and oxygen atoms in total. The SMILES string of the molecule is CCn1c(Sc2ccc([N+](=O)[O-])cc2C=Nc2sc3c(c2C(=O)Nc2ccccc2)CC[C@H](C(C)(C)C)C3)nnc1-c1ccncc1. The number of amides is 1. The predicted molar refractivity (Wildman–Crippen MR) is 187 cm³/mol. The molecule has 0 radical (unpaired) electrons. The van der Waals surface area contributed by atoms with E-state index in [2.05, 4.69) is 41.3 Å². The molecule has 3 heterocycles. The van der Waals surface area contributed by atoms with Gasteiger partial charge in [0.05, 0.1) is 10.5 Å². The Labute approximate surface area is 281 Å². The number of aromatic nitrogens is 4. The van der Waals surface area contributed by atoms with Crippen molar-refractivity contribution in [3.05, 3.63) is 105 Å². The molecule has 1 amide bonds. The maximum atomic E-state index is 13.8. The van der Waals surface area contributed by atoms with Crippen molar-refractivity contribution in [1.29, 1.82) is 0 Å². The summed E-state index contributed by atoms with van der Waals surface area (Å²) in [5, 5.41) is 25.0. The number of rotatable bonds is 9. The van der Waals surface area contributed by atoms with E-state index in [0.717, 1.165) is 35.3 Å². The predicted octanol–water partition coefficient (Wildman–Crippen LogP) is 8.63. The van der Waals surface area contributed by atoms with Crippen LogP contribution in [0, 0.1) is 21.4 Å². The third-order valence-electron chi connectivity index (χ3n) is 8.43. The van der Waals surface area contributed by atoms with E-state index in [9.17, 15) is 14.9 Å². The molecular weight excluding hydrogens is 631 g/mol. The smallest absolute Gasteiger partial charge is 0.270 e. The molecular formula is C35H35N7O3S2. The van der Waals surface area contributed by atoms with Gasteiger partial charge in [0.25, 0.3) is 11.6 Å². The van der Waals surface area contributed by atoms with Gasteiger partial charge in [0.15, 0.2) is 11.0 Å². The highest BCUT2D eigenvalue weighted by molar-refractivity contribution is 7.99. The minimum atomic E-state index is -0.420. The molecule has 12 heteroatoms. The molecule has 2 aromatic carbocycles. The molecule has 0 fully saturated rings. The quantitative estimate of drug-likeness (QED) is 0.0948. The maximum absolute atomic E-state index is 13.8. The number of pyridine rings is 1. The van der Waals surface area contributed by atoms with E-state index >= 15 is 0 Å². The second kappa shape index (κ2) is 13.6. The van der Waals surface area contributed by atoms with Crippen LogP contribution in [0.25, 0.3) is 11.4 Å². The maximum Gasteiger partial charge on any atom is 0.270 e. The van der Waals surface area contributed by atoms with Crippen LogP contribution >= 0.6 is 23.1 Å². The lowest BCUT2D eigenvalue weighted by Gasteiger charge is -2.33. The van der Waals surface area contributed by atoms with Crippen molar-refractivity contribution in [2.24, 2.45) is 16.3 Å². The average Bonchev–Trinajstić information content (AvgIpc) is 3.65. The summed E-state index contributed by atoms with van der Waals surface area (Å²) in [7, 11) is 0. The number of hydrogen-bond donors (Lipinski definition) is 1. The summed E-state index contributed by atoms with van der Waals surface area (Å²) in [6, 6.07) is 17.8. The first-order valence-electron chi connectivity index (χ1n) is 15.5. The molecule has 0 aliphatic heterocycles. The lowest BCUT2D eigenvalue weighted by molar-refractivity contribution is -0.384. The third-order valence-corrected chi connectivity index (χ3v) is 10.7. The van der Waals surface area contributed by atoms with Crippen LogP contribution in [0.15, 0.2) is 88.1 Å². The van der Waals surface area contributed by atoms with Crippen LogP contribution in [-0.4, -0.2) is 36.8 Å². The normalized spacial score (nSPS) is 14.7. The molecule has 0 saturated heterocycles. The van der Waals surface area contributed by atoms with Crippen LogP contribution in [0.5, 0.6) is 0 Å². The fourth-order valence-corrected chi connectivity index (χ4v) is 8.02. The van der Waals surface area contributed by atoms with Crippen molar-refractivity contribution in [3.8, 4) is 11.4 Å². The molecule has 0 saturated carbocycles. The Bertz CT molecular complexity index is 1950. The number of benzene rings is 2. The number of nitro benzene ring substituents is 1. The highest BCUT2D eigenvalue weighted by Crippen LogP contribution is 2.45. The highest BCUT2D eigenvalue weighted by Gasteiger charge is 2.34. The van der Waals surface area contributed by atoms with Crippen LogP contribution < -0.4 is 5.32 Å². The first-order chi connectivity index (χ1) is 22.6. The van der Waals surface area contributed by atoms with Crippen LogP contribution in [0.3, 0.4) is 0 Å². The van der Waals surface area contributed by atoms with Gasteiger partial charge >= 0.3 is 0 Å². The van der Waals surface area contributed by atoms with Crippen LogP contribution in [0.1, 0.15) is 60.5 Å². The summed E-state index contributed by atoms with van der Waals surface area (Å²) in [5.41, 5.74) is 3.86. The molecule has 1 aliphatic carbocycles. The number of hydrogen-bond acceptors (Lipinski definition) is 9. The summed E-state index contributed by atoms with van der Waals surface area (Å²) in [6.07, 6.45) is 7.72. The number of anilines is 1.